The standard InChI is InChI=1S/C16H23F3O3/c1-21-8-13-11-2-10-3-12(13)6-15(4-10,5-11)9-22-14(20)7-16(17,18)19/h10-13H,2-9H2,1H3. The van der Waals surface area contributed by atoms with Crippen LogP contribution >= 0.6 is 0 Å². The molecule has 4 aliphatic carbocycles. The van der Waals surface area contributed by atoms with Crippen molar-refractivity contribution in [1.82, 2.24) is 0 Å². The van der Waals surface area contributed by atoms with E-state index in [-0.39, 0.29) is 12.0 Å². The number of carbonyl (C=O) groups is 1. The Morgan fingerprint density at radius 3 is 2.36 bits per heavy atom. The van der Waals surface area contributed by atoms with E-state index in [2.05, 4.69) is 0 Å². The zero-order valence-corrected chi connectivity index (χ0v) is 12.8. The molecule has 0 aromatic heterocycles. The molecule has 4 aliphatic rings. The van der Waals surface area contributed by atoms with Gasteiger partial charge >= 0.3 is 12.1 Å². The molecule has 4 rings (SSSR count). The van der Waals surface area contributed by atoms with Crippen molar-refractivity contribution in [3.63, 3.8) is 0 Å². The fourth-order valence-electron chi connectivity index (χ4n) is 5.39. The van der Waals surface area contributed by atoms with Gasteiger partial charge in [-0.1, -0.05) is 0 Å². The monoisotopic (exact) mass is 320 g/mol. The van der Waals surface area contributed by atoms with Gasteiger partial charge in [0.05, 0.1) is 6.61 Å². The number of hydrogen-bond acceptors (Lipinski definition) is 3. The summed E-state index contributed by atoms with van der Waals surface area (Å²) < 4.78 is 47.0. The van der Waals surface area contributed by atoms with Crippen LogP contribution in [-0.4, -0.2) is 32.5 Å². The highest BCUT2D eigenvalue weighted by Crippen LogP contribution is 2.62. The summed E-state index contributed by atoms with van der Waals surface area (Å²) in [4.78, 5) is 11.4. The average Bonchev–Trinajstić information content (AvgIpc) is 2.38. The molecule has 0 aromatic rings. The minimum atomic E-state index is -4.48. The maximum atomic E-state index is 12.2. The second-order valence-electron chi connectivity index (χ2n) is 7.54. The van der Waals surface area contributed by atoms with E-state index in [1.54, 1.807) is 7.11 Å². The second-order valence-corrected chi connectivity index (χ2v) is 7.54. The van der Waals surface area contributed by atoms with Crippen LogP contribution in [0.4, 0.5) is 13.2 Å². The van der Waals surface area contributed by atoms with Gasteiger partial charge in [-0.15, -0.1) is 0 Å². The van der Waals surface area contributed by atoms with Gasteiger partial charge in [-0.05, 0) is 55.8 Å². The van der Waals surface area contributed by atoms with Crippen LogP contribution in [0.5, 0.6) is 0 Å². The lowest BCUT2D eigenvalue weighted by molar-refractivity contribution is -0.182. The van der Waals surface area contributed by atoms with Crippen LogP contribution in [0.2, 0.25) is 0 Å². The van der Waals surface area contributed by atoms with E-state index in [9.17, 15) is 18.0 Å². The molecule has 4 fully saturated rings. The third kappa shape index (κ3) is 3.26. The second kappa shape index (κ2) is 5.69. The van der Waals surface area contributed by atoms with Crippen LogP contribution < -0.4 is 0 Å². The predicted octanol–water partition coefficient (Wildman–Crippen LogP) is 3.57. The molecule has 0 spiro atoms. The van der Waals surface area contributed by atoms with Crippen molar-refractivity contribution in [2.75, 3.05) is 20.3 Å². The fraction of sp³-hybridized carbons (Fsp3) is 0.938. The molecule has 4 saturated carbocycles. The minimum absolute atomic E-state index is 0.0813. The fourth-order valence-corrected chi connectivity index (χ4v) is 5.39. The molecule has 126 valence electrons. The van der Waals surface area contributed by atoms with Crippen molar-refractivity contribution in [2.24, 2.45) is 29.1 Å². The normalized spacial score (nSPS) is 40.0. The van der Waals surface area contributed by atoms with E-state index < -0.39 is 18.6 Å². The van der Waals surface area contributed by atoms with Crippen LogP contribution in [0.15, 0.2) is 0 Å². The van der Waals surface area contributed by atoms with Crippen molar-refractivity contribution >= 4 is 5.97 Å². The van der Waals surface area contributed by atoms with Crippen molar-refractivity contribution in [3.8, 4) is 0 Å². The van der Waals surface area contributed by atoms with Gasteiger partial charge in [-0.3, -0.25) is 4.79 Å². The Bertz CT molecular complexity index is 419. The highest BCUT2D eigenvalue weighted by molar-refractivity contribution is 5.70. The largest absolute Gasteiger partial charge is 0.465 e. The number of alkyl halides is 3. The molecular formula is C16H23F3O3. The number of carbonyl (C=O) groups excluding carboxylic acids is 1. The lowest BCUT2D eigenvalue weighted by atomic mass is 9.46. The number of halogens is 3. The zero-order valence-electron chi connectivity index (χ0n) is 12.8. The van der Waals surface area contributed by atoms with Crippen molar-refractivity contribution in [1.29, 1.82) is 0 Å². The third-order valence-corrected chi connectivity index (χ3v) is 5.84. The molecule has 0 radical (unpaired) electrons. The Morgan fingerprint density at radius 2 is 1.82 bits per heavy atom. The maximum Gasteiger partial charge on any atom is 0.399 e. The summed E-state index contributed by atoms with van der Waals surface area (Å²) >= 11 is 0. The van der Waals surface area contributed by atoms with Crippen LogP contribution in [0.3, 0.4) is 0 Å². The SMILES string of the molecule is COCC1C2CC3CC1CC(COC(=O)CC(F)(F)F)(C3)C2. The summed E-state index contributed by atoms with van der Waals surface area (Å²) in [7, 11) is 1.72. The molecular weight excluding hydrogens is 297 g/mol. The molecule has 2 atom stereocenters. The van der Waals surface area contributed by atoms with Gasteiger partial charge in [0.25, 0.3) is 0 Å². The molecule has 0 aromatic carbocycles. The highest BCUT2D eigenvalue weighted by atomic mass is 19.4. The molecule has 0 saturated heterocycles. The summed E-state index contributed by atoms with van der Waals surface area (Å²) in [6, 6.07) is 0. The van der Waals surface area contributed by atoms with Gasteiger partial charge in [0.2, 0.25) is 0 Å². The van der Waals surface area contributed by atoms with E-state index in [0.29, 0.717) is 23.7 Å². The van der Waals surface area contributed by atoms with Crippen LogP contribution in [0.1, 0.15) is 38.5 Å². The van der Waals surface area contributed by atoms with Gasteiger partial charge in [0.1, 0.15) is 6.42 Å². The first kappa shape index (κ1) is 16.1. The average molecular weight is 320 g/mol. The Labute approximate surface area is 128 Å². The topological polar surface area (TPSA) is 35.5 Å². The van der Waals surface area contributed by atoms with E-state index in [1.165, 1.54) is 12.8 Å². The number of rotatable bonds is 5. The van der Waals surface area contributed by atoms with E-state index in [4.69, 9.17) is 9.47 Å². The first-order valence-electron chi connectivity index (χ1n) is 8.01. The molecule has 22 heavy (non-hydrogen) atoms. The van der Waals surface area contributed by atoms with Crippen LogP contribution in [-0.2, 0) is 14.3 Å². The Morgan fingerprint density at radius 1 is 1.18 bits per heavy atom. The third-order valence-electron chi connectivity index (χ3n) is 5.84. The zero-order chi connectivity index (χ0) is 16.0. The molecule has 0 amide bonds. The first-order chi connectivity index (χ1) is 10.3. The molecule has 0 aliphatic heterocycles. The number of hydrogen-bond donors (Lipinski definition) is 0. The molecule has 0 heterocycles. The Balaban J connectivity index is 1.60. The Hall–Kier alpha value is -0.780. The van der Waals surface area contributed by atoms with Gasteiger partial charge in [0.15, 0.2) is 0 Å². The molecule has 3 nitrogen and oxygen atoms in total. The van der Waals surface area contributed by atoms with Crippen molar-refractivity contribution in [2.45, 2.75) is 44.7 Å². The van der Waals surface area contributed by atoms with Crippen molar-refractivity contribution < 1.29 is 27.4 Å². The number of ether oxygens (including phenoxy) is 2. The lowest BCUT2D eigenvalue weighted by Gasteiger charge is -2.59. The molecule has 2 unspecified atom stereocenters. The van der Waals surface area contributed by atoms with E-state index in [1.807, 2.05) is 0 Å². The first-order valence-corrected chi connectivity index (χ1v) is 8.01. The molecule has 0 N–H and O–H groups in total. The van der Waals surface area contributed by atoms with Gasteiger partial charge < -0.3 is 9.47 Å². The molecule has 6 heteroatoms. The van der Waals surface area contributed by atoms with Crippen LogP contribution in [0.25, 0.3) is 0 Å². The van der Waals surface area contributed by atoms with E-state index >= 15 is 0 Å². The minimum Gasteiger partial charge on any atom is -0.465 e. The van der Waals surface area contributed by atoms with Gasteiger partial charge in [0, 0.05) is 19.1 Å². The smallest absolute Gasteiger partial charge is 0.399 e. The number of methoxy groups -OCH3 is 1. The number of esters is 1. The summed E-state index contributed by atoms with van der Waals surface area (Å²) in [5.41, 5.74) is -0.0813. The summed E-state index contributed by atoms with van der Waals surface area (Å²) in [6.45, 7) is 0.928. The van der Waals surface area contributed by atoms with Crippen LogP contribution in [0, 0.1) is 29.1 Å². The van der Waals surface area contributed by atoms with Gasteiger partial charge in [-0.25, -0.2) is 0 Å². The highest BCUT2D eigenvalue weighted by Gasteiger charge is 2.55. The summed E-state index contributed by atoms with van der Waals surface area (Å²) in [5.74, 6) is 1.23. The lowest BCUT2D eigenvalue weighted by Crippen LogP contribution is -2.53. The predicted molar refractivity (Wildman–Crippen MR) is 73.0 cm³/mol. The van der Waals surface area contributed by atoms with Gasteiger partial charge in [-0.2, -0.15) is 13.2 Å². The Kier molecular flexibility index (Phi) is 4.16. The summed E-state index contributed by atoms with van der Waals surface area (Å²) in [6.07, 6.45) is -0.640. The maximum absolute atomic E-state index is 12.2. The summed E-state index contributed by atoms with van der Waals surface area (Å²) in [5, 5.41) is 0. The van der Waals surface area contributed by atoms with E-state index in [0.717, 1.165) is 25.9 Å². The molecule has 4 bridgehead atoms. The van der Waals surface area contributed by atoms with Crippen molar-refractivity contribution in [3.05, 3.63) is 0 Å². The quantitative estimate of drug-likeness (QED) is 0.727.